The molecule has 0 fully saturated rings. The third-order valence-corrected chi connectivity index (χ3v) is 3.25. The SMILES string of the molecule is CCCC(CCC)NCc1cccc(Br)c1. The second-order valence-corrected chi connectivity index (χ2v) is 5.20. The molecule has 0 aliphatic rings. The van der Waals surface area contributed by atoms with Crippen molar-refractivity contribution < 1.29 is 0 Å². The summed E-state index contributed by atoms with van der Waals surface area (Å²) >= 11 is 3.50. The first-order valence-electron chi connectivity index (χ1n) is 6.24. The Balaban J connectivity index is 2.41. The minimum atomic E-state index is 0.675. The van der Waals surface area contributed by atoms with Gasteiger partial charge in [-0.3, -0.25) is 0 Å². The van der Waals surface area contributed by atoms with Crippen LogP contribution in [0.3, 0.4) is 0 Å². The predicted molar refractivity (Wildman–Crippen MR) is 74.6 cm³/mol. The molecule has 0 bridgehead atoms. The fraction of sp³-hybridized carbons (Fsp3) is 0.571. The van der Waals surface area contributed by atoms with Crippen LogP contribution in [0.1, 0.15) is 45.1 Å². The van der Waals surface area contributed by atoms with Crippen molar-refractivity contribution in [3.63, 3.8) is 0 Å². The molecule has 1 aromatic carbocycles. The van der Waals surface area contributed by atoms with E-state index in [1.165, 1.54) is 31.2 Å². The maximum absolute atomic E-state index is 3.64. The fourth-order valence-electron chi connectivity index (χ4n) is 1.95. The molecule has 0 radical (unpaired) electrons. The Labute approximate surface area is 108 Å². The summed E-state index contributed by atoms with van der Waals surface area (Å²) in [6, 6.07) is 9.19. The molecular formula is C14H22BrN. The van der Waals surface area contributed by atoms with E-state index in [0.717, 1.165) is 11.0 Å². The van der Waals surface area contributed by atoms with Crippen molar-refractivity contribution >= 4 is 15.9 Å². The molecule has 0 saturated carbocycles. The van der Waals surface area contributed by atoms with Gasteiger partial charge in [0.25, 0.3) is 0 Å². The van der Waals surface area contributed by atoms with E-state index in [0.29, 0.717) is 6.04 Å². The van der Waals surface area contributed by atoms with Crippen molar-refractivity contribution in [3.8, 4) is 0 Å². The smallest absolute Gasteiger partial charge is 0.0208 e. The van der Waals surface area contributed by atoms with Gasteiger partial charge in [0.2, 0.25) is 0 Å². The topological polar surface area (TPSA) is 12.0 Å². The highest BCUT2D eigenvalue weighted by Gasteiger charge is 2.05. The molecule has 0 unspecified atom stereocenters. The molecule has 1 N–H and O–H groups in total. The van der Waals surface area contributed by atoms with Gasteiger partial charge in [0, 0.05) is 17.1 Å². The van der Waals surface area contributed by atoms with Crippen LogP contribution in [0.15, 0.2) is 28.7 Å². The predicted octanol–water partition coefficient (Wildman–Crippen LogP) is 4.51. The van der Waals surface area contributed by atoms with E-state index in [2.05, 4.69) is 59.4 Å². The highest BCUT2D eigenvalue weighted by molar-refractivity contribution is 9.10. The molecule has 1 rings (SSSR count). The number of nitrogens with one attached hydrogen (secondary N) is 1. The van der Waals surface area contributed by atoms with Crippen molar-refractivity contribution in [1.29, 1.82) is 0 Å². The van der Waals surface area contributed by atoms with E-state index in [1.807, 2.05) is 0 Å². The first-order chi connectivity index (χ1) is 7.76. The molecule has 90 valence electrons. The summed E-state index contributed by atoms with van der Waals surface area (Å²) in [5.74, 6) is 0. The van der Waals surface area contributed by atoms with Gasteiger partial charge in [-0.2, -0.15) is 0 Å². The average molecular weight is 284 g/mol. The lowest BCUT2D eigenvalue weighted by molar-refractivity contribution is 0.443. The first kappa shape index (κ1) is 13.7. The Kier molecular flexibility index (Phi) is 6.74. The van der Waals surface area contributed by atoms with Crippen LogP contribution in [0.4, 0.5) is 0 Å². The third kappa shape index (κ3) is 5.13. The lowest BCUT2D eigenvalue weighted by Crippen LogP contribution is -2.28. The van der Waals surface area contributed by atoms with Crippen LogP contribution in [0.2, 0.25) is 0 Å². The summed E-state index contributed by atoms with van der Waals surface area (Å²) in [6.45, 7) is 5.48. The monoisotopic (exact) mass is 283 g/mol. The Morgan fingerprint density at radius 3 is 2.44 bits per heavy atom. The van der Waals surface area contributed by atoms with Gasteiger partial charge >= 0.3 is 0 Å². The normalized spacial score (nSPS) is 11.0. The van der Waals surface area contributed by atoms with E-state index in [9.17, 15) is 0 Å². The molecule has 1 aromatic rings. The van der Waals surface area contributed by atoms with E-state index >= 15 is 0 Å². The minimum Gasteiger partial charge on any atom is -0.310 e. The zero-order chi connectivity index (χ0) is 11.8. The van der Waals surface area contributed by atoms with E-state index in [4.69, 9.17) is 0 Å². The van der Waals surface area contributed by atoms with Gasteiger partial charge in [0.15, 0.2) is 0 Å². The molecule has 2 heteroatoms. The molecule has 0 spiro atoms. The summed E-state index contributed by atoms with van der Waals surface area (Å²) in [4.78, 5) is 0. The Bertz CT molecular complexity index is 293. The molecule has 0 amide bonds. The highest BCUT2D eigenvalue weighted by Crippen LogP contribution is 2.12. The van der Waals surface area contributed by atoms with Crippen LogP contribution in [0.5, 0.6) is 0 Å². The fourth-order valence-corrected chi connectivity index (χ4v) is 2.40. The molecule has 0 aliphatic heterocycles. The molecule has 0 aromatic heterocycles. The molecule has 0 aliphatic carbocycles. The second kappa shape index (κ2) is 7.86. The van der Waals surface area contributed by atoms with E-state index in [1.54, 1.807) is 0 Å². The van der Waals surface area contributed by atoms with Gasteiger partial charge in [0.05, 0.1) is 0 Å². The van der Waals surface area contributed by atoms with Crippen LogP contribution >= 0.6 is 15.9 Å². The zero-order valence-corrected chi connectivity index (χ0v) is 11.9. The van der Waals surface area contributed by atoms with Crippen molar-refractivity contribution in [3.05, 3.63) is 34.3 Å². The third-order valence-electron chi connectivity index (χ3n) is 2.76. The first-order valence-corrected chi connectivity index (χ1v) is 7.03. The van der Waals surface area contributed by atoms with Gasteiger partial charge in [-0.1, -0.05) is 54.8 Å². The highest BCUT2D eigenvalue weighted by atomic mass is 79.9. The number of hydrogen-bond acceptors (Lipinski definition) is 1. The number of benzene rings is 1. The average Bonchev–Trinajstić information content (AvgIpc) is 2.27. The summed E-state index contributed by atoms with van der Waals surface area (Å²) in [7, 11) is 0. The molecule has 16 heavy (non-hydrogen) atoms. The maximum atomic E-state index is 3.64. The molecular weight excluding hydrogens is 262 g/mol. The van der Waals surface area contributed by atoms with Crippen LogP contribution in [-0.2, 0) is 6.54 Å². The summed E-state index contributed by atoms with van der Waals surface area (Å²) < 4.78 is 1.16. The largest absolute Gasteiger partial charge is 0.310 e. The number of hydrogen-bond donors (Lipinski definition) is 1. The Morgan fingerprint density at radius 2 is 1.88 bits per heavy atom. The standard InChI is InChI=1S/C14H22BrN/c1-3-6-14(7-4-2)16-11-12-8-5-9-13(15)10-12/h5,8-10,14,16H,3-4,6-7,11H2,1-2H3. The number of rotatable bonds is 7. The van der Waals surface area contributed by atoms with Crippen LogP contribution in [0, 0.1) is 0 Å². The summed E-state index contributed by atoms with van der Waals surface area (Å²) in [6.07, 6.45) is 5.08. The van der Waals surface area contributed by atoms with Crippen LogP contribution in [0.25, 0.3) is 0 Å². The Hall–Kier alpha value is -0.340. The van der Waals surface area contributed by atoms with Crippen molar-refractivity contribution in [2.75, 3.05) is 0 Å². The molecule has 0 atom stereocenters. The van der Waals surface area contributed by atoms with E-state index < -0.39 is 0 Å². The quantitative estimate of drug-likeness (QED) is 0.777. The number of halogens is 1. The maximum Gasteiger partial charge on any atom is 0.0208 e. The van der Waals surface area contributed by atoms with Crippen molar-refractivity contribution in [2.24, 2.45) is 0 Å². The molecule has 0 saturated heterocycles. The van der Waals surface area contributed by atoms with Gasteiger partial charge in [-0.15, -0.1) is 0 Å². The van der Waals surface area contributed by atoms with Crippen LogP contribution < -0.4 is 5.32 Å². The molecule has 0 heterocycles. The van der Waals surface area contributed by atoms with Gasteiger partial charge in [-0.05, 0) is 30.5 Å². The van der Waals surface area contributed by atoms with Crippen molar-refractivity contribution in [2.45, 2.75) is 52.1 Å². The lowest BCUT2D eigenvalue weighted by Gasteiger charge is -2.17. The second-order valence-electron chi connectivity index (χ2n) is 4.29. The lowest BCUT2D eigenvalue weighted by atomic mass is 10.1. The molecule has 1 nitrogen and oxygen atoms in total. The summed E-state index contributed by atoms with van der Waals surface area (Å²) in [5, 5.41) is 3.64. The zero-order valence-electron chi connectivity index (χ0n) is 10.3. The van der Waals surface area contributed by atoms with Gasteiger partial charge in [0.1, 0.15) is 0 Å². The summed E-state index contributed by atoms with van der Waals surface area (Å²) in [5.41, 5.74) is 1.35. The van der Waals surface area contributed by atoms with Crippen molar-refractivity contribution in [1.82, 2.24) is 5.32 Å². The van der Waals surface area contributed by atoms with Gasteiger partial charge < -0.3 is 5.32 Å². The minimum absolute atomic E-state index is 0.675. The van der Waals surface area contributed by atoms with Crippen LogP contribution in [-0.4, -0.2) is 6.04 Å². The van der Waals surface area contributed by atoms with Gasteiger partial charge in [-0.25, -0.2) is 0 Å². The van der Waals surface area contributed by atoms with E-state index in [-0.39, 0.29) is 0 Å². The Morgan fingerprint density at radius 1 is 1.19 bits per heavy atom.